The number of hydrogen-bond donors (Lipinski definition) is 0. The predicted octanol–water partition coefficient (Wildman–Crippen LogP) is 10.2. The van der Waals surface area contributed by atoms with Crippen LogP contribution in [0.25, 0.3) is 0 Å². The molecule has 0 aromatic heterocycles. The van der Waals surface area contributed by atoms with Crippen LogP contribution in [0.4, 0.5) is 0 Å². The molecule has 11 heteroatoms. The van der Waals surface area contributed by atoms with Crippen LogP contribution in [0.1, 0.15) is 101 Å². The largest absolute Gasteiger partial charge is 2.00 e. The number of phosphoric ester groups is 2. The number of benzene rings is 4. The van der Waals surface area contributed by atoms with Gasteiger partial charge >= 0.3 is 38.7 Å². The maximum Gasteiger partial charge on any atom is 2.00 e. The van der Waals surface area contributed by atoms with E-state index in [2.05, 4.69) is 27.7 Å². The van der Waals surface area contributed by atoms with E-state index in [4.69, 9.17) is 18.1 Å². The number of aryl methyl sites for hydroxylation is 4. The SMILES string of the molecule is CCCCc1ccc(OP(=O)([O-])Oc2ccc(CCCC)cc2)cc1.CCCCc1ccc(OP(=O)([O-])Oc2ccc(CCCC)cc2)cc1.[Mg+2]. The van der Waals surface area contributed by atoms with Crippen LogP contribution in [0.15, 0.2) is 97.1 Å². The van der Waals surface area contributed by atoms with Gasteiger partial charge in [0.1, 0.15) is 23.0 Å². The van der Waals surface area contributed by atoms with Crippen molar-refractivity contribution < 1.29 is 37.0 Å². The van der Waals surface area contributed by atoms with Gasteiger partial charge < -0.3 is 27.9 Å². The number of rotatable bonds is 20. The fraction of sp³-hybridized carbons (Fsp3) is 0.400. The molecule has 51 heavy (non-hydrogen) atoms. The summed E-state index contributed by atoms with van der Waals surface area (Å²) in [5.41, 5.74) is 4.66. The van der Waals surface area contributed by atoms with Crippen molar-refractivity contribution in [1.82, 2.24) is 0 Å². The quantitative estimate of drug-likeness (QED) is 0.0648. The number of unbranched alkanes of at least 4 members (excludes halogenated alkanes) is 4. The molecule has 4 rings (SSSR count). The van der Waals surface area contributed by atoms with Gasteiger partial charge in [0, 0.05) is 0 Å². The molecule has 0 spiro atoms. The fourth-order valence-electron chi connectivity index (χ4n) is 4.95. The van der Waals surface area contributed by atoms with Crippen molar-refractivity contribution in [3.05, 3.63) is 119 Å². The molecule has 0 saturated carbocycles. The van der Waals surface area contributed by atoms with Gasteiger partial charge in [0.15, 0.2) is 0 Å². The van der Waals surface area contributed by atoms with E-state index in [0.717, 1.165) is 77.0 Å². The Morgan fingerprint density at radius 2 is 0.569 bits per heavy atom. The molecule has 0 fully saturated rings. The summed E-state index contributed by atoms with van der Waals surface area (Å²) in [6.07, 6.45) is 12.8. The van der Waals surface area contributed by atoms with E-state index in [1.807, 2.05) is 48.5 Å². The maximum absolute atomic E-state index is 12.1. The minimum atomic E-state index is -4.46. The predicted molar refractivity (Wildman–Crippen MR) is 204 cm³/mol. The first-order valence-corrected chi connectivity index (χ1v) is 20.7. The average Bonchev–Trinajstić information content (AvgIpc) is 3.10. The van der Waals surface area contributed by atoms with Crippen LogP contribution in [-0.4, -0.2) is 23.1 Å². The molecule has 0 atom stereocenters. The Bertz CT molecular complexity index is 1370. The minimum Gasteiger partial charge on any atom is -0.736 e. The summed E-state index contributed by atoms with van der Waals surface area (Å²) in [5, 5.41) is 0. The van der Waals surface area contributed by atoms with E-state index in [-0.39, 0.29) is 46.1 Å². The molecule has 8 nitrogen and oxygen atoms in total. The van der Waals surface area contributed by atoms with Gasteiger partial charge in [0.2, 0.25) is 0 Å². The molecular weight excluding hydrogens is 695 g/mol. The average molecular weight is 747 g/mol. The monoisotopic (exact) mass is 746 g/mol. The zero-order valence-corrected chi connectivity index (χ0v) is 33.8. The molecule has 0 heterocycles. The van der Waals surface area contributed by atoms with Crippen LogP contribution in [-0.2, 0) is 34.8 Å². The van der Waals surface area contributed by atoms with Crippen LogP contribution in [0.2, 0.25) is 0 Å². The van der Waals surface area contributed by atoms with Gasteiger partial charge in [0.25, 0.3) is 0 Å². The zero-order chi connectivity index (χ0) is 36.2. The maximum atomic E-state index is 12.1. The molecule has 0 saturated heterocycles. The molecule has 0 bridgehead atoms. The van der Waals surface area contributed by atoms with Gasteiger partial charge in [-0.05, 0) is 122 Å². The number of phosphoric acid groups is 2. The normalized spacial score (nSPS) is 11.1. The third kappa shape index (κ3) is 18.0. The summed E-state index contributed by atoms with van der Waals surface area (Å²) in [5.74, 6) is 1.05. The van der Waals surface area contributed by atoms with Gasteiger partial charge in [-0.2, -0.15) is 0 Å². The van der Waals surface area contributed by atoms with Gasteiger partial charge in [-0.1, -0.05) is 102 Å². The van der Waals surface area contributed by atoms with E-state index in [9.17, 15) is 18.9 Å². The van der Waals surface area contributed by atoms with Gasteiger partial charge in [0.05, 0.1) is 0 Å². The molecule has 0 N–H and O–H groups in total. The molecular formula is C40H52MgO8P2. The third-order valence-electron chi connectivity index (χ3n) is 7.84. The first-order valence-electron chi connectivity index (χ1n) is 17.8. The van der Waals surface area contributed by atoms with Crippen molar-refractivity contribution >= 4 is 38.7 Å². The van der Waals surface area contributed by atoms with Crippen molar-refractivity contribution in [3.8, 4) is 23.0 Å². The third-order valence-corrected chi connectivity index (χ3v) is 9.58. The van der Waals surface area contributed by atoms with Gasteiger partial charge in [-0.25, -0.2) is 9.13 Å². The standard InChI is InChI=1S/2C20H27O4P.Mg/c2*1-3-5-7-17-9-13-19(14-10-17)23-25(21,22)24-20-15-11-18(12-16-20)8-6-4-2;/h2*9-16H,3-8H2,1-2H3,(H,21,22);/q;;+2/p-2. The molecule has 0 radical (unpaired) electrons. The molecule has 272 valence electrons. The first-order chi connectivity index (χ1) is 24.0. The molecule has 4 aromatic rings. The van der Waals surface area contributed by atoms with Crippen molar-refractivity contribution in [2.45, 2.75) is 105 Å². The van der Waals surface area contributed by atoms with E-state index in [1.54, 1.807) is 48.5 Å². The molecule has 0 aliphatic rings. The zero-order valence-electron chi connectivity index (χ0n) is 30.6. The summed E-state index contributed by atoms with van der Waals surface area (Å²) < 4.78 is 44.3. The molecule has 0 aliphatic heterocycles. The van der Waals surface area contributed by atoms with Crippen LogP contribution < -0.4 is 27.9 Å². The fourth-order valence-corrected chi connectivity index (χ4v) is 6.54. The van der Waals surface area contributed by atoms with E-state index < -0.39 is 15.6 Å². The van der Waals surface area contributed by atoms with Crippen LogP contribution in [0, 0.1) is 0 Å². The summed E-state index contributed by atoms with van der Waals surface area (Å²) in [6, 6.07) is 28.3. The van der Waals surface area contributed by atoms with Crippen molar-refractivity contribution in [1.29, 1.82) is 0 Å². The first kappa shape index (κ1) is 44.4. The summed E-state index contributed by atoms with van der Waals surface area (Å²) in [7, 11) is -8.92. The topological polar surface area (TPSA) is 117 Å². The Hall–Kier alpha value is -2.77. The summed E-state index contributed by atoms with van der Waals surface area (Å²) in [4.78, 5) is 24.1. The summed E-state index contributed by atoms with van der Waals surface area (Å²) in [6.45, 7) is 8.55. The van der Waals surface area contributed by atoms with Crippen LogP contribution >= 0.6 is 15.6 Å². The smallest absolute Gasteiger partial charge is 0.736 e. The summed E-state index contributed by atoms with van der Waals surface area (Å²) >= 11 is 0. The Labute approximate surface area is 321 Å². The Kier molecular flexibility index (Phi) is 20.6. The molecule has 0 amide bonds. The second-order valence-electron chi connectivity index (χ2n) is 12.2. The molecule has 4 aromatic carbocycles. The number of hydrogen-bond acceptors (Lipinski definition) is 8. The van der Waals surface area contributed by atoms with Crippen LogP contribution in [0.5, 0.6) is 23.0 Å². The van der Waals surface area contributed by atoms with Crippen LogP contribution in [0.3, 0.4) is 0 Å². The van der Waals surface area contributed by atoms with Gasteiger partial charge in [-0.3, -0.25) is 0 Å². The van der Waals surface area contributed by atoms with E-state index >= 15 is 0 Å². The van der Waals surface area contributed by atoms with Crippen molar-refractivity contribution in [2.24, 2.45) is 0 Å². The molecule has 0 unspecified atom stereocenters. The van der Waals surface area contributed by atoms with Gasteiger partial charge in [-0.15, -0.1) is 0 Å². The second kappa shape index (κ2) is 23.7. The van der Waals surface area contributed by atoms with E-state index in [0.29, 0.717) is 0 Å². The van der Waals surface area contributed by atoms with Crippen molar-refractivity contribution in [3.63, 3.8) is 0 Å². The minimum absolute atomic E-state index is 0. The second-order valence-corrected chi connectivity index (χ2v) is 14.8. The Balaban J connectivity index is 0.000000347. The molecule has 0 aliphatic carbocycles. The van der Waals surface area contributed by atoms with E-state index in [1.165, 1.54) is 22.3 Å². The Morgan fingerprint density at radius 3 is 0.725 bits per heavy atom. The van der Waals surface area contributed by atoms with Crippen molar-refractivity contribution in [2.75, 3.05) is 0 Å². The Morgan fingerprint density at radius 1 is 0.392 bits per heavy atom.